The molecule has 3 unspecified atom stereocenters. The molecule has 1 amide bonds. The summed E-state index contributed by atoms with van der Waals surface area (Å²) < 4.78 is 30.4. The highest BCUT2D eigenvalue weighted by Gasteiger charge is 2.27. The molecule has 0 radical (unpaired) electrons. The molecular weight excluding hydrogens is 1060 g/mol. The molecule has 3 atom stereocenters. The zero-order valence-corrected chi connectivity index (χ0v) is 56.5. The Morgan fingerprint density at radius 1 is 0.417 bits per heavy atom. The average Bonchev–Trinajstić information content (AvgIpc) is 3.65. The smallest absolute Gasteiger partial charge is 0.306 e. The highest BCUT2D eigenvalue weighted by molar-refractivity contribution is 7.45. The number of nitrogens with zero attached hydrogens (tertiary/aromatic N) is 1. The molecule has 0 aliphatic heterocycles. The normalized spacial score (nSPS) is 14.1. The highest BCUT2D eigenvalue weighted by atomic mass is 31.2. The van der Waals surface area contributed by atoms with Gasteiger partial charge >= 0.3 is 5.97 Å². The SMILES string of the molecule is CCCCC/C=C\C/C=C\C/C=C\C/C=C\CCCCCCCCCCCCCC(=O)OC(/C=C\CCCCCCCCCCCC)C(COP(=O)([O-])OCC[N+](C)(C)C)NC(=O)CCCCCCCC/C=C\C/C=C\C/C=C\CCCCC. The second kappa shape index (κ2) is 63.0. The zero-order valence-electron chi connectivity index (χ0n) is 55.6. The summed E-state index contributed by atoms with van der Waals surface area (Å²) in [5.74, 6) is -0.557. The molecule has 0 aromatic rings. The van der Waals surface area contributed by atoms with Gasteiger partial charge in [-0.3, -0.25) is 14.2 Å². The molecule has 0 saturated carbocycles. The summed E-state index contributed by atoms with van der Waals surface area (Å²) in [5, 5.41) is 3.03. The quantitative estimate of drug-likeness (QED) is 0.0212. The number of phosphoric ester groups is 1. The number of nitrogens with one attached hydrogen (secondary N) is 1. The highest BCUT2D eigenvalue weighted by Crippen LogP contribution is 2.38. The first-order valence-electron chi connectivity index (χ1n) is 35.0. The third kappa shape index (κ3) is 63.4. The van der Waals surface area contributed by atoms with Crippen molar-refractivity contribution in [2.24, 2.45) is 0 Å². The van der Waals surface area contributed by atoms with Crippen LogP contribution in [0.4, 0.5) is 0 Å². The maximum Gasteiger partial charge on any atom is 0.306 e. The molecule has 0 heterocycles. The van der Waals surface area contributed by atoms with E-state index in [1.54, 1.807) is 0 Å². The Hall–Kier alpha value is -3.07. The van der Waals surface area contributed by atoms with E-state index in [9.17, 15) is 19.0 Å². The lowest BCUT2D eigenvalue weighted by atomic mass is 10.0. The van der Waals surface area contributed by atoms with Crippen LogP contribution in [0.25, 0.3) is 0 Å². The van der Waals surface area contributed by atoms with Crippen LogP contribution >= 0.6 is 7.82 Å². The predicted octanol–water partition coefficient (Wildman–Crippen LogP) is 21.7. The molecule has 0 aromatic heterocycles. The van der Waals surface area contributed by atoms with Gasteiger partial charge in [-0.05, 0) is 115 Å². The van der Waals surface area contributed by atoms with Gasteiger partial charge in [-0.2, -0.15) is 0 Å². The molecule has 0 aromatic carbocycles. The van der Waals surface area contributed by atoms with Crippen molar-refractivity contribution in [3.63, 3.8) is 0 Å². The average molecular weight is 1190 g/mol. The molecule has 0 fully saturated rings. The van der Waals surface area contributed by atoms with Crippen molar-refractivity contribution in [1.82, 2.24) is 5.32 Å². The van der Waals surface area contributed by atoms with Crippen molar-refractivity contribution in [3.05, 3.63) is 97.2 Å². The first kappa shape index (κ1) is 80.9. The van der Waals surface area contributed by atoms with Gasteiger partial charge in [0.15, 0.2) is 0 Å². The number of amides is 1. The van der Waals surface area contributed by atoms with Crippen LogP contribution in [-0.4, -0.2) is 69.4 Å². The number of rotatable bonds is 63. The molecule has 0 saturated heterocycles. The number of likely N-dealkylation sites (N-methyl/N-ethyl adjacent to an activating group) is 1. The van der Waals surface area contributed by atoms with E-state index in [-0.39, 0.29) is 24.9 Å². The van der Waals surface area contributed by atoms with Gasteiger partial charge < -0.3 is 28.5 Å². The van der Waals surface area contributed by atoms with E-state index in [1.807, 2.05) is 33.3 Å². The van der Waals surface area contributed by atoms with E-state index in [0.717, 1.165) is 122 Å². The number of unbranched alkanes of at least 4 members (excludes halogenated alkanes) is 33. The van der Waals surface area contributed by atoms with E-state index >= 15 is 0 Å². The Morgan fingerprint density at radius 2 is 0.726 bits per heavy atom. The van der Waals surface area contributed by atoms with Crippen LogP contribution in [0, 0.1) is 0 Å². The first-order valence-corrected chi connectivity index (χ1v) is 36.5. The van der Waals surface area contributed by atoms with Crippen molar-refractivity contribution >= 4 is 19.7 Å². The van der Waals surface area contributed by atoms with Crippen LogP contribution in [0.5, 0.6) is 0 Å². The van der Waals surface area contributed by atoms with Gasteiger partial charge in [0.1, 0.15) is 19.3 Å². The third-order valence-electron chi connectivity index (χ3n) is 15.2. The zero-order chi connectivity index (χ0) is 61.4. The maximum absolute atomic E-state index is 13.6. The van der Waals surface area contributed by atoms with E-state index in [2.05, 4.69) is 111 Å². The lowest BCUT2D eigenvalue weighted by Crippen LogP contribution is -2.47. The minimum absolute atomic E-state index is 0.0291. The second-order valence-electron chi connectivity index (χ2n) is 24.7. The van der Waals surface area contributed by atoms with E-state index in [1.165, 1.54) is 154 Å². The number of ether oxygens (including phenoxy) is 1. The van der Waals surface area contributed by atoms with Gasteiger partial charge in [-0.1, -0.05) is 279 Å². The third-order valence-corrected chi connectivity index (χ3v) is 16.2. The van der Waals surface area contributed by atoms with Gasteiger partial charge in [0.05, 0.1) is 33.8 Å². The molecule has 9 nitrogen and oxygen atoms in total. The summed E-state index contributed by atoms with van der Waals surface area (Å²) in [6.45, 7) is 6.79. The second-order valence-corrected chi connectivity index (χ2v) is 26.1. The topological polar surface area (TPSA) is 114 Å². The Labute approximate surface area is 519 Å². The fourth-order valence-electron chi connectivity index (χ4n) is 9.81. The van der Waals surface area contributed by atoms with Crippen LogP contribution < -0.4 is 10.2 Å². The molecule has 0 aliphatic carbocycles. The van der Waals surface area contributed by atoms with Crippen LogP contribution in [-0.2, 0) is 27.9 Å². The molecule has 0 spiro atoms. The molecule has 486 valence electrons. The Morgan fingerprint density at radius 3 is 1.11 bits per heavy atom. The fraction of sp³-hybridized carbons (Fsp3) is 0.757. The lowest BCUT2D eigenvalue weighted by Gasteiger charge is -2.30. The van der Waals surface area contributed by atoms with Crippen molar-refractivity contribution in [3.8, 4) is 0 Å². The van der Waals surface area contributed by atoms with Crippen molar-refractivity contribution in [1.29, 1.82) is 0 Å². The number of phosphoric acid groups is 1. The van der Waals surface area contributed by atoms with E-state index in [4.69, 9.17) is 13.8 Å². The number of hydrogen-bond acceptors (Lipinski definition) is 7. The number of allylic oxidation sites excluding steroid dienone is 15. The standard InChI is InChI=1S/C74H133N2O7P/c1-7-10-13-16-19-22-25-28-30-32-34-35-36-37-38-39-40-41-43-45-47-49-52-55-58-61-64-67-74(78)83-72(65-62-59-56-53-50-27-24-21-18-15-12-9-3)71(70-82-84(79,80)81-69-68-76(4,5)6)75-73(77)66-63-60-57-54-51-48-46-44-42-33-31-29-26-23-20-17-14-11-8-2/h19-20,22-23,28-31,34-35,37-38,42,44,62,65,71-72H,7-18,21,24-27,32-33,36,39-41,43,45-61,63-64,66-70H2,1-6H3,(H-,75,77,79,80)/b22-19-,23-20-,30-28-,31-29-,35-34-,38-37-,44-42-,65-62-. The van der Waals surface area contributed by atoms with Crippen molar-refractivity contribution in [2.45, 2.75) is 322 Å². The molecular formula is C74H133N2O7P. The summed E-state index contributed by atoms with van der Waals surface area (Å²) in [6.07, 6.45) is 85.2. The van der Waals surface area contributed by atoms with Crippen molar-refractivity contribution in [2.75, 3.05) is 40.9 Å². The van der Waals surface area contributed by atoms with E-state index in [0.29, 0.717) is 17.4 Å². The van der Waals surface area contributed by atoms with Crippen molar-refractivity contribution < 1.29 is 37.3 Å². The van der Waals surface area contributed by atoms with Gasteiger partial charge in [0.2, 0.25) is 5.91 Å². The van der Waals surface area contributed by atoms with Gasteiger partial charge in [0.25, 0.3) is 7.82 Å². The van der Waals surface area contributed by atoms with Crippen LogP contribution in [0.15, 0.2) is 97.2 Å². The Bertz CT molecular complexity index is 1760. The molecule has 0 bridgehead atoms. The van der Waals surface area contributed by atoms with Crippen LogP contribution in [0.3, 0.4) is 0 Å². The minimum atomic E-state index is -4.71. The first-order chi connectivity index (χ1) is 40.9. The lowest BCUT2D eigenvalue weighted by molar-refractivity contribution is -0.870. The molecule has 1 N–H and O–H groups in total. The summed E-state index contributed by atoms with van der Waals surface area (Å²) in [4.78, 5) is 40.2. The molecule has 10 heteroatoms. The van der Waals surface area contributed by atoms with E-state index < -0.39 is 26.6 Å². The Kier molecular flexibility index (Phi) is 60.7. The monoisotopic (exact) mass is 1190 g/mol. The number of esters is 1. The van der Waals surface area contributed by atoms with Crippen LogP contribution in [0.1, 0.15) is 310 Å². The molecule has 84 heavy (non-hydrogen) atoms. The number of carbonyl (C=O) groups is 2. The number of hydrogen-bond donors (Lipinski definition) is 1. The van der Waals surface area contributed by atoms with Gasteiger partial charge in [-0.25, -0.2) is 0 Å². The summed E-state index contributed by atoms with van der Waals surface area (Å²) >= 11 is 0. The summed E-state index contributed by atoms with van der Waals surface area (Å²) in [5.41, 5.74) is 0. The maximum atomic E-state index is 13.6. The van der Waals surface area contributed by atoms with Crippen LogP contribution in [0.2, 0.25) is 0 Å². The largest absolute Gasteiger partial charge is 0.756 e. The summed E-state index contributed by atoms with van der Waals surface area (Å²) in [6, 6.07) is -0.902. The fourth-order valence-corrected chi connectivity index (χ4v) is 10.5. The summed E-state index contributed by atoms with van der Waals surface area (Å²) in [7, 11) is 1.17. The van der Waals surface area contributed by atoms with Gasteiger partial charge in [-0.15, -0.1) is 0 Å². The predicted molar refractivity (Wildman–Crippen MR) is 362 cm³/mol. The van der Waals surface area contributed by atoms with Gasteiger partial charge in [0, 0.05) is 12.8 Å². The minimum Gasteiger partial charge on any atom is -0.756 e. The Balaban J connectivity index is 5.10. The molecule has 0 rings (SSSR count). The number of quaternary nitrogens is 1. The molecule has 0 aliphatic rings. The number of carbonyl (C=O) groups excluding carboxylic acids is 2.